The van der Waals surface area contributed by atoms with Gasteiger partial charge in [-0.25, -0.2) is 0 Å². The molecule has 1 aromatic rings. The Kier molecular flexibility index (Phi) is 5.21. The molecule has 19 heavy (non-hydrogen) atoms. The molecule has 2 saturated heterocycles. The van der Waals surface area contributed by atoms with E-state index in [1.165, 1.54) is 4.88 Å². The quantitative estimate of drug-likeness (QED) is 0.870. The Labute approximate surface area is 124 Å². The van der Waals surface area contributed by atoms with Crippen molar-refractivity contribution in [1.29, 1.82) is 0 Å². The highest BCUT2D eigenvalue weighted by molar-refractivity contribution is 7.09. The van der Waals surface area contributed by atoms with Gasteiger partial charge >= 0.3 is 0 Å². The summed E-state index contributed by atoms with van der Waals surface area (Å²) < 4.78 is 0. The number of carbonyl (C=O) groups is 1. The maximum Gasteiger partial charge on any atom is 0.234 e. The van der Waals surface area contributed by atoms with Crippen LogP contribution in [0.15, 0.2) is 17.5 Å². The van der Waals surface area contributed by atoms with Gasteiger partial charge in [0.25, 0.3) is 0 Å². The van der Waals surface area contributed by atoms with Crippen LogP contribution in [0.2, 0.25) is 0 Å². The largest absolute Gasteiger partial charge is 0.350 e. The number of carbonyl (C=O) groups excluding carboxylic acids is 1. The number of likely N-dealkylation sites (tertiary alicyclic amines) is 1. The fraction of sp³-hybridized carbons (Fsp3) is 0.615. The molecule has 1 aromatic heterocycles. The van der Waals surface area contributed by atoms with Crippen molar-refractivity contribution in [1.82, 2.24) is 15.5 Å². The van der Waals surface area contributed by atoms with Crippen LogP contribution in [0.4, 0.5) is 0 Å². The molecule has 3 heterocycles. The topological polar surface area (TPSA) is 44.4 Å². The molecule has 4 nitrogen and oxygen atoms in total. The lowest BCUT2D eigenvalue weighted by Gasteiger charge is -2.16. The molecule has 0 aromatic carbocycles. The maximum absolute atomic E-state index is 11.9. The molecule has 3 rings (SSSR count). The molecular formula is C13H20ClN3OS. The van der Waals surface area contributed by atoms with Crippen molar-refractivity contribution < 1.29 is 4.79 Å². The lowest BCUT2D eigenvalue weighted by molar-refractivity contribution is -0.122. The summed E-state index contributed by atoms with van der Waals surface area (Å²) >= 11 is 1.68. The van der Waals surface area contributed by atoms with Gasteiger partial charge in [0.1, 0.15) is 0 Å². The Morgan fingerprint density at radius 1 is 1.42 bits per heavy atom. The van der Waals surface area contributed by atoms with Gasteiger partial charge in [-0.15, -0.1) is 23.7 Å². The molecular weight excluding hydrogens is 282 g/mol. The van der Waals surface area contributed by atoms with Crippen LogP contribution in [-0.2, 0) is 11.3 Å². The molecule has 0 bridgehead atoms. The van der Waals surface area contributed by atoms with Crippen LogP contribution < -0.4 is 10.6 Å². The average Bonchev–Trinajstić information content (AvgIpc) is 3.01. The lowest BCUT2D eigenvalue weighted by atomic mass is 10.0. The van der Waals surface area contributed by atoms with Gasteiger partial charge in [0.2, 0.25) is 5.91 Å². The smallest absolute Gasteiger partial charge is 0.234 e. The normalized spacial score (nSPS) is 25.9. The highest BCUT2D eigenvalue weighted by Gasteiger charge is 2.36. The van der Waals surface area contributed by atoms with E-state index in [2.05, 4.69) is 21.6 Å². The average molecular weight is 302 g/mol. The SMILES string of the molecule is Cl.O=C(CN1C[C@H]2CNC[C@H]2C1)NCc1cccs1. The number of rotatable bonds is 4. The van der Waals surface area contributed by atoms with E-state index in [4.69, 9.17) is 0 Å². The van der Waals surface area contributed by atoms with Crippen LogP contribution in [0.1, 0.15) is 4.88 Å². The summed E-state index contributed by atoms with van der Waals surface area (Å²) in [6.45, 7) is 5.61. The van der Waals surface area contributed by atoms with E-state index in [0.29, 0.717) is 13.1 Å². The molecule has 0 aliphatic carbocycles. The van der Waals surface area contributed by atoms with Gasteiger partial charge in [-0.1, -0.05) is 6.07 Å². The summed E-state index contributed by atoms with van der Waals surface area (Å²) in [7, 11) is 0. The minimum atomic E-state index is 0. The van der Waals surface area contributed by atoms with Crippen molar-refractivity contribution in [2.75, 3.05) is 32.7 Å². The molecule has 0 saturated carbocycles. The first-order valence-corrected chi connectivity index (χ1v) is 7.41. The van der Waals surface area contributed by atoms with Gasteiger partial charge in [0, 0.05) is 18.0 Å². The predicted octanol–water partition coefficient (Wildman–Crippen LogP) is 0.937. The second-order valence-corrected chi connectivity index (χ2v) is 6.26. The number of nitrogens with one attached hydrogen (secondary N) is 2. The van der Waals surface area contributed by atoms with Gasteiger partial charge in [-0.3, -0.25) is 9.69 Å². The number of halogens is 1. The highest BCUT2D eigenvalue weighted by Crippen LogP contribution is 2.25. The molecule has 0 spiro atoms. The molecule has 2 fully saturated rings. The van der Waals surface area contributed by atoms with Crippen LogP contribution in [-0.4, -0.2) is 43.5 Å². The summed E-state index contributed by atoms with van der Waals surface area (Å²) in [5, 5.41) is 8.45. The Morgan fingerprint density at radius 2 is 2.16 bits per heavy atom. The van der Waals surface area contributed by atoms with Gasteiger partial charge in [0.15, 0.2) is 0 Å². The number of hydrogen-bond acceptors (Lipinski definition) is 4. The van der Waals surface area contributed by atoms with E-state index in [1.807, 2.05) is 11.4 Å². The minimum Gasteiger partial charge on any atom is -0.350 e. The Morgan fingerprint density at radius 3 is 2.79 bits per heavy atom. The molecule has 2 aliphatic heterocycles. The number of fused-ring (bicyclic) bond motifs is 1. The van der Waals surface area contributed by atoms with Crippen molar-refractivity contribution in [3.8, 4) is 0 Å². The summed E-state index contributed by atoms with van der Waals surface area (Å²) in [5.41, 5.74) is 0. The second-order valence-electron chi connectivity index (χ2n) is 5.23. The Balaban J connectivity index is 0.00000133. The summed E-state index contributed by atoms with van der Waals surface area (Å²) in [6, 6.07) is 4.07. The van der Waals surface area contributed by atoms with Crippen LogP contribution >= 0.6 is 23.7 Å². The Bertz CT molecular complexity index is 400. The molecule has 2 aliphatic rings. The van der Waals surface area contributed by atoms with Crippen LogP contribution in [0.5, 0.6) is 0 Å². The molecule has 106 valence electrons. The zero-order valence-corrected chi connectivity index (χ0v) is 12.4. The van der Waals surface area contributed by atoms with E-state index in [1.54, 1.807) is 11.3 Å². The second kappa shape index (κ2) is 6.70. The number of nitrogens with zero attached hydrogens (tertiary/aromatic N) is 1. The first-order chi connectivity index (χ1) is 8.81. The molecule has 0 radical (unpaired) electrons. The zero-order chi connectivity index (χ0) is 12.4. The van der Waals surface area contributed by atoms with E-state index >= 15 is 0 Å². The molecule has 1 amide bonds. The van der Waals surface area contributed by atoms with E-state index in [0.717, 1.165) is 38.0 Å². The molecule has 2 atom stereocenters. The minimum absolute atomic E-state index is 0. The van der Waals surface area contributed by atoms with Crippen molar-refractivity contribution in [3.05, 3.63) is 22.4 Å². The van der Waals surface area contributed by atoms with Crippen LogP contribution in [0.3, 0.4) is 0 Å². The number of amides is 1. The van der Waals surface area contributed by atoms with Crippen molar-refractivity contribution in [2.24, 2.45) is 11.8 Å². The summed E-state index contributed by atoms with van der Waals surface area (Å²) in [4.78, 5) is 15.4. The first kappa shape index (κ1) is 14.8. The third kappa shape index (κ3) is 3.69. The fourth-order valence-electron chi connectivity index (χ4n) is 2.94. The Hall–Kier alpha value is -0.620. The van der Waals surface area contributed by atoms with Gasteiger partial charge < -0.3 is 10.6 Å². The fourth-order valence-corrected chi connectivity index (χ4v) is 3.58. The predicted molar refractivity (Wildman–Crippen MR) is 79.7 cm³/mol. The van der Waals surface area contributed by atoms with Gasteiger partial charge in [-0.2, -0.15) is 0 Å². The van der Waals surface area contributed by atoms with Crippen LogP contribution in [0.25, 0.3) is 0 Å². The third-order valence-corrected chi connectivity index (χ3v) is 4.75. The van der Waals surface area contributed by atoms with Gasteiger partial charge in [0.05, 0.1) is 13.1 Å². The summed E-state index contributed by atoms with van der Waals surface area (Å²) in [6.07, 6.45) is 0. The van der Waals surface area contributed by atoms with Crippen molar-refractivity contribution in [2.45, 2.75) is 6.54 Å². The van der Waals surface area contributed by atoms with Crippen LogP contribution in [0, 0.1) is 11.8 Å². The number of hydrogen-bond donors (Lipinski definition) is 2. The van der Waals surface area contributed by atoms with Gasteiger partial charge in [-0.05, 0) is 36.4 Å². The molecule has 0 unspecified atom stereocenters. The van der Waals surface area contributed by atoms with E-state index in [9.17, 15) is 4.79 Å². The molecule has 2 N–H and O–H groups in total. The maximum atomic E-state index is 11.9. The molecule has 6 heteroatoms. The van der Waals surface area contributed by atoms with E-state index in [-0.39, 0.29) is 18.3 Å². The lowest BCUT2D eigenvalue weighted by Crippen LogP contribution is -2.37. The standard InChI is InChI=1S/C13H19N3OS.ClH/c17-13(15-6-12-2-1-3-18-12)9-16-7-10-4-14-5-11(10)8-16;/h1-3,10-11,14H,4-9H2,(H,15,17);1H/t10-,11+;. The first-order valence-electron chi connectivity index (χ1n) is 6.53. The van der Waals surface area contributed by atoms with Crippen molar-refractivity contribution in [3.63, 3.8) is 0 Å². The number of thiophene rings is 1. The monoisotopic (exact) mass is 301 g/mol. The van der Waals surface area contributed by atoms with Crippen molar-refractivity contribution >= 4 is 29.7 Å². The summed E-state index contributed by atoms with van der Waals surface area (Å²) in [5.74, 6) is 1.67. The highest BCUT2D eigenvalue weighted by atomic mass is 35.5. The zero-order valence-electron chi connectivity index (χ0n) is 10.8. The third-order valence-electron chi connectivity index (χ3n) is 3.87. The van der Waals surface area contributed by atoms with E-state index < -0.39 is 0 Å².